The molecule has 4 nitrogen and oxygen atoms in total. The summed E-state index contributed by atoms with van der Waals surface area (Å²) in [5, 5.41) is 9.28. The van der Waals surface area contributed by atoms with Gasteiger partial charge in [-0.05, 0) is 31.2 Å². The Balaban J connectivity index is 1.83. The van der Waals surface area contributed by atoms with Crippen molar-refractivity contribution in [3.8, 4) is 11.8 Å². The zero-order chi connectivity index (χ0) is 17.7. The van der Waals surface area contributed by atoms with E-state index in [0.717, 1.165) is 12.1 Å². The van der Waals surface area contributed by atoms with Crippen LogP contribution < -0.4 is 0 Å². The van der Waals surface area contributed by atoms with E-state index < -0.39 is 17.8 Å². The fourth-order valence-corrected chi connectivity index (χ4v) is 2.39. The van der Waals surface area contributed by atoms with Crippen molar-refractivity contribution in [1.82, 2.24) is 9.80 Å². The number of hydrogen-bond donors (Lipinski definition) is 1. The second-order valence-corrected chi connectivity index (χ2v) is 5.65. The van der Waals surface area contributed by atoms with E-state index in [1.807, 2.05) is 0 Å². The van der Waals surface area contributed by atoms with Crippen molar-refractivity contribution >= 4 is 5.91 Å². The number of carbonyl (C=O) groups is 1. The molecule has 1 aromatic rings. The number of amides is 1. The lowest BCUT2D eigenvalue weighted by molar-refractivity contribution is -0.141. The van der Waals surface area contributed by atoms with E-state index >= 15 is 0 Å². The van der Waals surface area contributed by atoms with Crippen LogP contribution in [0.3, 0.4) is 0 Å². The molecule has 0 spiro atoms. The van der Waals surface area contributed by atoms with Crippen LogP contribution in [0.1, 0.15) is 18.1 Å². The van der Waals surface area contributed by atoms with Crippen LogP contribution in [0.5, 0.6) is 0 Å². The van der Waals surface area contributed by atoms with Gasteiger partial charge in [0.1, 0.15) is 6.10 Å². The van der Waals surface area contributed by atoms with Gasteiger partial charge in [0.2, 0.25) is 0 Å². The number of aliphatic hydroxyl groups is 1. The van der Waals surface area contributed by atoms with Gasteiger partial charge in [0.25, 0.3) is 5.91 Å². The van der Waals surface area contributed by atoms with Crippen LogP contribution in [-0.4, -0.2) is 59.6 Å². The second-order valence-electron chi connectivity index (χ2n) is 5.65. The maximum Gasteiger partial charge on any atom is 0.416 e. The SMILES string of the molecule is CC(O)C(=O)N1CCN(CC#Cc2ccc(C(F)(F)F)cc2)CC1. The van der Waals surface area contributed by atoms with Crippen molar-refractivity contribution in [1.29, 1.82) is 0 Å². The van der Waals surface area contributed by atoms with Gasteiger partial charge in [-0.15, -0.1) is 0 Å². The second kappa shape index (κ2) is 7.69. The average molecular weight is 340 g/mol. The van der Waals surface area contributed by atoms with Crippen LogP contribution in [0.25, 0.3) is 0 Å². The lowest BCUT2D eigenvalue weighted by atomic mass is 10.1. The minimum absolute atomic E-state index is 0.273. The summed E-state index contributed by atoms with van der Waals surface area (Å²) in [7, 11) is 0. The summed E-state index contributed by atoms with van der Waals surface area (Å²) >= 11 is 0. The van der Waals surface area contributed by atoms with Crippen molar-refractivity contribution in [2.75, 3.05) is 32.7 Å². The zero-order valence-corrected chi connectivity index (χ0v) is 13.3. The molecular weight excluding hydrogens is 321 g/mol. The maximum atomic E-state index is 12.5. The summed E-state index contributed by atoms with van der Waals surface area (Å²) in [6.45, 7) is 4.31. The molecule has 1 aromatic carbocycles. The van der Waals surface area contributed by atoms with Crippen molar-refractivity contribution in [3.63, 3.8) is 0 Å². The molecule has 1 amide bonds. The van der Waals surface area contributed by atoms with Gasteiger partial charge in [0, 0.05) is 31.7 Å². The Morgan fingerprint density at radius 2 is 1.79 bits per heavy atom. The summed E-state index contributed by atoms with van der Waals surface area (Å²) in [6.07, 6.45) is -5.33. The third-order valence-corrected chi connectivity index (χ3v) is 3.79. The lowest BCUT2D eigenvalue weighted by Gasteiger charge is -2.34. The van der Waals surface area contributed by atoms with E-state index in [-0.39, 0.29) is 5.91 Å². The van der Waals surface area contributed by atoms with Gasteiger partial charge in [0.05, 0.1) is 12.1 Å². The molecule has 1 heterocycles. The molecule has 0 aliphatic carbocycles. The number of benzene rings is 1. The minimum atomic E-state index is -4.34. The molecule has 1 atom stereocenters. The zero-order valence-electron chi connectivity index (χ0n) is 13.3. The highest BCUT2D eigenvalue weighted by Gasteiger charge is 2.29. The lowest BCUT2D eigenvalue weighted by Crippen LogP contribution is -2.51. The number of alkyl halides is 3. The normalized spacial score (nSPS) is 17.1. The molecular formula is C17H19F3N2O2. The molecule has 1 N–H and O–H groups in total. The number of piperazine rings is 1. The quantitative estimate of drug-likeness (QED) is 0.832. The van der Waals surface area contributed by atoms with Crippen molar-refractivity contribution < 1.29 is 23.1 Å². The van der Waals surface area contributed by atoms with Crippen LogP contribution in [0.4, 0.5) is 13.2 Å². The molecule has 0 saturated carbocycles. The molecule has 0 radical (unpaired) electrons. The molecule has 2 rings (SSSR count). The molecule has 1 saturated heterocycles. The summed E-state index contributed by atoms with van der Waals surface area (Å²) in [5.41, 5.74) is -0.155. The maximum absolute atomic E-state index is 12.5. The Kier molecular flexibility index (Phi) is 5.86. The summed E-state index contributed by atoms with van der Waals surface area (Å²) in [4.78, 5) is 15.3. The van der Waals surface area contributed by atoms with Gasteiger partial charge >= 0.3 is 6.18 Å². The van der Waals surface area contributed by atoms with E-state index in [2.05, 4.69) is 16.7 Å². The van der Waals surface area contributed by atoms with E-state index in [0.29, 0.717) is 38.3 Å². The van der Waals surface area contributed by atoms with Gasteiger partial charge in [-0.1, -0.05) is 11.8 Å². The highest BCUT2D eigenvalue weighted by Crippen LogP contribution is 2.28. The highest BCUT2D eigenvalue weighted by atomic mass is 19.4. The van der Waals surface area contributed by atoms with Gasteiger partial charge in [-0.2, -0.15) is 13.2 Å². The smallest absolute Gasteiger partial charge is 0.384 e. The molecule has 130 valence electrons. The summed E-state index contributed by atoms with van der Waals surface area (Å²) in [6, 6.07) is 4.75. The van der Waals surface area contributed by atoms with Crippen LogP contribution >= 0.6 is 0 Å². The average Bonchev–Trinajstić information content (AvgIpc) is 2.54. The number of hydrogen-bond acceptors (Lipinski definition) is 3. The van der Waals surface area contributed by atoms with Crippen LogP contribution in [0, 0.1) is 11.8 Å². The van der Waals surface area contributed by atoms with Crippen molar-refractivity contribution in [2.24, 2.45) is 0 Å². The van der Waals surface area contributed by atoms with Crippen molar-refractivity contribution in [3.05, 3.63) is 35.4 Å². The summed E-state index contributed by atoms with van der Waals surface area (Å²) < 4.78 is 37.4. The third-order valence-electron chi connectivity index (χ3n) is 3.79. The monoisotopic (exact) mass is 340 g/mol. The first kappa shape index (κ1) is 18.3. The Bertz CT molecular complexity index is 622. The molecule has 1 aliphatic heterocycles. The van der Waals surface area contributed by atoms with E-state index in [9.17, 15) is 23.1 Å². The first-order valence-electron chi connectivity index (χ1n) is 7.62. The third kappa shape index (κ3) is 4.98. The molecule has 0 bridgehead atoms. The predicted octanol–water partition coefficient (Wildman–Crippen LogP) is 1.58. The number of rotatable bonds is 2. The van der Waals surface area contributed by atoms with Crippen LogP contribution in [0.2, 0.25) is 0 Å². The largest absolute Gasteiger partial charge is 0.416 e. The number of carbonyl (C=O) groups excluding carboxylic acids is 1. The first-order valence-corrected chi connectivity index (χ1v) is 7.62. The number of nitrogens with zero attached hydrogens (tertiary/aromatic N) is 2. The predicted molar refractivity (Wildman–Crippen MR) is 83.0 cm³/mol. The molecule has 1 aliphatic rings. The van der Waals surface area contributed by atoms with Crippen LogP contribution in [-0.2, 0) is 11.0 Å². The van der Waals surface area contributed by atoms with E-state index in [1.54, 1.807) is 4.90 Å². The number of aliphatic hydroxyl groups excluding tert-OH is 1. The van der Waals surface area contributed by atoms with E-state index in [1.165, 1.54) is 19.1 Å². The topological polar surface area (TPSA) is 43.8 Å². The van der Waals surface area contributed by atoms with E-state index in [4.69, 9.17) is 0 Å². The highest BCUT2D eigenvalue weighted by molar-refractivity contribution is 5.80. The summed E-state index contributed by atoms with van der Waals surface area (Å²) in [5.74, 6) is 5.51. The molecule has 7 heteroatoms. The van der Waals surface area contributed by atoms with Gasteiger partial charge in [0.15, 0.2) is 0 Å². The van der Waals surface area contributed by atoms with Crippen molar-refractivity contribution in [2.45, 2.75) is 19.2 Å². The Morgan fingerprint density at radius 1 is 1.21 bits per heavy atom. The number of halogens is 3. The first-order chi connectivity index (χ1) is 11.3. The standard InChI is InChI=1S/C17H19F3N2O2/c1-13(23)16(24)22-11-9-21(10-12-22)8-2-3-14-4-6-15(7-5-14)17(18,19)20/h4-7,13,23H,8-12H2,1H3. The fourth-order valence-electron chi connectivity index (χ4n) is 2.39. The van der Waals surface area contributed by atoms with Gasteiger partial charge in [-0.25, -0.2) is 0 Å². The molecule has 0 aromatic heterocycles. The molecule has 1 unspecified atom stereocenters. The Hall–Kier alpha value is -2.04. The molecule has 1 fully saturated rings. The van der Waals surface area contributed by atoms with Gasteiger partial charge in [-0.3, -0.25) is 9.69 Å². The van der Waals surface area contributed by atoms with Crippen LogP contribution in [0.15, 0.2) is 24.3 Å². The minimum Gasteiger partial charge on any atom is -0.384 e. The van der Waals surface area contributed by atoms with Gasteiger partial charge < -0.3 is 10.0 Å². The fraction of sp³-hybridized carbons (Fsp3) is 0.471. The molecule has 24 heavy (non-hydrogen) atoms. The Labute approximate surface area is 138 Å². The Morgan fingerprint density at radius 3 is 2.29 bits per heavy atom.